The van der Waals surface area contributed by atoms with Gasteiger partial charge in [-0.1, -0.05) is 15.9 Å². The third kappa shape index (κ3) is 3.34. The zero-order valence-electron chi connectivity index (χ0n) is 12.4. The van der Waals surface area contributed by atoms with E-state index in [0.29, 0.717) is 6.42 Å². The van der Waals surface area contributed by atoms with E-state index in [0.717, 1.165) is 24.0 Å². The molecule has 0 aliphatic carbocycles. The molecule has 4 heteroatoms. The topological polar surface area (TPSA) is 39.1 Å². The molecule has 1 aromatic rings. The van der Waals surface area contributed by atoms with Crippen LogP contribution in [0.2, 0.25) is 0 Å². The first-order valence-corrected chi connectivity index (χ1v) is 7.87. The highest BCUT2D eigenvalue weighted by atomic mass is 79.9. The Morgan fingerprint density at radius 3 is 2.90 bits per heavy atom. The Balaban J connectivity index is 2.35. The Kier molecular flexibility index (Phi) is 4.72. The van der Waals surface area contributed by atoms with E-state index in [1.165, 1.54) is 11.3 Å². The number of nitriles is 1. The van der Waals surface area contributed by atoms with E-state index in [2.05, 4.69) is 71.2 Å². The second-order valence-electron chi connectivity index (χ2n) is 6.12. The third-order valence-corrected chi connectivity index (χ3v) is 4.58. The molecule has 20 heavy (non-hydrogen) atoms. The zero-order valence-corrected chi connectivity index (χ0v) is 14.0. The van der Waals surface area contributed by atoms with Crippen molar-refractivity contribution in [2.24, 2.45) is 0 Å². The van der Waals surface area contributed by atoms with Crippen molar-refractivity contribution in [3.05, 3.63) is 28.2 Å². The van der Waals surface area contributed by atoms with E-state index in [9.17, 15) is 0 Å². The molecule has 3 nitrogen and oxygen atoms in total. The summed E-state index contributed by atoms with van der Waals surface area (Å²) in [5, 5.41) is 12.5. The second kappa shape index (κ2) is 6.15. The van der Waals surface area contributed by atoms with Gasteiger partial charge in [0.05, 0.1) is 12.5 Å². The number of nitrogens with zero attached hydrogens (tertiary/aromatic N) is 2. The fourth-order valence-electron chi connectivity index (χ4n) is 2.84. The van der Waals surface area contributed by atoms with E-state index in [4.69, 9.17) is 5.26 Å². The summed E-state index contributed by atoms with van der Waals surface area (Å²) in [6.07, 6.45) is 1.63. The minimum absolute atomic E-state index is 0.0931. The summed E-state index contributed by atoms with van der Waals surface area (Å²) in [4.78, 5) is 2.46. The lowest BCUT2D eigenvalue weighted by molar-refractivity contribution is 0.452. The molecule has 1 aliphatic rings. The lowest BCUT2D eigenvalue weighted by Crippen LogP contribution is -2.47. The fraction of sp³-hybridized carbons (Fsp3) is 0.562. The largest absolute Gasteiger partial charge is 0.365 e. The molecule has 0 spiro atoms. The maximum absolute atomic E-state index is 8.97. The maximum atomic E-state index is 8.97. The molecule has 1 aliphatic heterocycles. The van der Waals surface area contributed by atoms with Crippen LogP contribution >= 0.6 is 15.9 Å². The number of rotatable bonds is 2. The molecular weight excluding hydrogens is 314 g/mol. The Morgan fingerprint density at radius 2 is 2.25 bits per heavy atom. The van der Waals surface area contributed by atoms with Gasteiger partial charge in [0.25, 0.3) is 0 Å². The lowest BCUT2D eigenvalue weighted by Gasteiger charge is -2.40. The molecule has 1 heterocycles. The smallest absolute Gasteiger partial charge is 0.0638 e. The summed E-state index contributed by atoms with van der Waals surface area (Å²) in [6.45, 7) is 8.55. The zero-order chi connectivity index (χ0) is 14.8. The molecule has 2 rings (SSSR count). The normalized spacial score (nSPS) is 22.1. The predicted octanol–water partition coefficient (Wildman–Crippen LogP) is 3.62. The molecule has 0 amide bonds. The fourth-order valence-corrected chi connectivity index (χ4v) is 3.32. The van der Waals surface area contributed by atoms with Gasteiger partial charge < -0.3 is 10.2 Å². The predicted molar refractivity (Wildman–Crippen MR) is 86.9 cm³/mol. The van der Waals surface area contributed by atoms with Gasteiger partial charge in [-0.15, -0.1) is 0 Å². The summed E-state index contributed by atoms with van der Waals surface area (Å²) in [5.41, 5.74) is 2.63. The maximum Gasteiger partial charge on any atom is 0.0638 e. The number of nitrogens with one attached hydrogen (secondary N) is 1. The molecule has 1 saturated heterocycles. The van der Waals surface area contributed by atoms with Gasteiger partial charge in [0.15, 0.2) is 0 Å². The molecule has 0 aromatic heterocycles. The van der Waals surface area contributed by atoms with Crippen LogP contribution in [0.5, 0.6) is 0 Å². The number of halogens is 1. The van der Waals surface area contributed by atoms with E-state index in [-0.39, 0.29) is 11.6 Å². The summed E-state index contributed by atoms with van der Waals surface area (Å²) in [5.74, 6) is 0. The van der Waals surface area contributed by atoms with Crippen molar-refractivity contribution in [1.29, 1.82) is 5.26 Å². The number of aryl methyl sites for hydroxylation is 1. The van der Waals surface area contributed by atoms with Crippen LogP contribution in [0.15, 0.2) is 22.7 Å². The molecule has 1 atom stereocenters. The number of anilines is 1. The van der Waals surface area contributed by atoms with Crippen LogP contribution < -0.4 is 10.2 Å². The Bertz CT molecular complexity index is 519. The van der Waals surface area contributed by atoms with Gasteiger partial charge in [0.2, 0.25) is 0 Å². The lowest BCUT2D eigenvalue weighted by atomic mass is 9.96. The first kappa shape index (κ1) is 15.3. The van der Waals surface area contributed by atoms with Crippen LogP contribution in [0.4, 0.5) is 5.69 Å². The summed E-state index contributed by atoms with van der Waals surface area (Å²) < 4.78 is 1.11. The quantitative estimate of drug-likeness (QED) is 0.897. The summed E-state index contributed by atoms with van der Waals surface area (Å²) in [6, 6.07) is 8.96. The number of hydrogen-bond donors (Lipinski definition) is 1. The second-order valence-corrected chi connectivity index (χ2v) is 7.03. The van der Waals surface area contributed by atoms with Gasteiger partial charge >= 0.3 is 0 Å². The number of benzene rings is 1. The highest BCUT2D eigenvalue weighted by molar-refractivity contribution is 9.10. The van der Waals surface area contributed by atoms with Crippen molar-refractivity contribution in [3.63, 3.8) is 0 Å². The van der Waals surface area contributed by atoms with E-state index in [1.807, 2.05) is 0 Å². The average molecular weight is 336 g/mol. The molecule has 108 valence electrons. The van der Waals surface area contributed by atoms with Crippen LogP contribution in [0.1, 0.15) is 32.3 Å². The van der Waals surface area contributed by atoms with Gasteiger partial charge in [-0.3, -0.25) is 0 Å². The standard InChI is InChI=1S/C16H22BrN3/c1-12-10-13(17)4-5-15(12)20-11-14(6-8-18)19-9-7-16(20,2)3/h4-5,10,14,19H,6-7,9,11H2,1-3H3. The molecule has 1 fully saturated rings. The summed E-state index contributed by atoms with van der Waals surface area (Å²) >= 11 is 3.53. The van der Waals surface area contributed by atoms with Crippen molar-refractivity contribution in [2.45, 2.75) is 45.2 Å². The molecule has 0 radical (unpaired) electrons. The first-order valence-electron chi connectivity index (χ1n) is 7.08. The average Bonchev–Trinajstić information content (AvgIpc) is 2.49. The van der Waals surface area contributed by atoms with Crippen LogP contribution in [-0.4, -0.2) is 24.7 Å². The van der Waals surface area contributed by atoms with Gasteiger partial charge in [0, 0.05) is 28.3 Å². The SMILES string of the molecule is Cc1cc(Br)ccc1N1CC(CC#N)NCCC1(C)C. The van der Waals surface area contributed by atoms with E-state index >= 15 is 0 Å². The number of hydrogen-bond acceptors (Lipinski definition) is 3. The minimum Gasteiger partial charge on any atom is -0.365 e. The van der Waals surface area contributed by atoms with E-state index in [1.54, 1.807) is 0 Å². The molecule has 1 N–H and O–H groups in total. The molecule has 0 saturated carbocycles. The molecule has 1 unspecified atom stereocenters. The Labute approximate surface area is 130 Å². The van der Waals surface area contributed by atoms with Crippen LogP contribution in [0.25, 0.3) is 0 Å². The monoisotopic (exact) mass is 335 g/mol. The highest BCUT2D eigenvalue weighted by Gasteiger charge is 2.32. The minimum atomic E-state index is 0.0931. The highest BCUT2D eigenvalue weighted by Crippen LogP contribution is 2.32. The Hall–Kier alpha value is -1.05. The molecular formula is C16H22BrN3. The molecule has 1 aromatic carbocycles. The van der Waals surface area contributed by atoms with Gasteiger partial charge in [-0.2, -0.15) is 5.26 Å². The van der Waals surface area contributed by atoms with Crippen LogP contribution in [0.3, 0.4) is 0 Å². The van der Waals surface area contributed by atoms with Gasteiger partial charge in [-0.05, 0) is 57.5 Å². The van der Waals surface area contributed by atoms with Crippen LogP contribution in [-0.2, 0) is 0 Å². The van der Waals surface area contributed by atoms with Gasteiger partial charge in [-0.25, -0.2) is 0 Å². The van der Waals surface area contributed by atoms with Crippen molar-refractivity contribution in [3.8, 4) is 6.07 Å². The summed E-state index contributed by atoms with van der Waals surface area (Å²) in [7, 11) is 0. The first-order chi connectivity index (χ1) is 9.44. The van der Waals surface area contributed by atoms with Crippen LogP contribution in [0, 0.1) is 18.3 Å². The van der Waals surface area contributed by atoms with E-state index < -0.39 is 0 Å². The van der Waals surface area contributed by atoms with Gasteiger partial charge in [0.1, 0.15) is 0 Å². The van der Waals surface area contributed by atoms with Crippen molar-refractivity contribution in [1.82, 2.24) is 5.32 Å². The van der Waals surface area contributed by atoms with Crippen molar-refractivity contribution >= 4 is 21.6 Å². The Morgan fingerprint density at radius 1 is 1.50 bits per heavy atom. The molecule has 0 bridgehead atoms. The van der Waals surface area contributed by atoms with Crippen molar-refractivity contribution in [2.75, 3.05) is 18.0 Å². The third-order valence-electron chi connectivity index (χ3n) is 4.09. The van der Waals surface area contributed by atoms with Crippen molar-refractivity contribution < 1.29 is 0 Å².